The zero-order chi connectivity index (χ0) is 11.3. The van der Waals surface area contributed by atoms with Crippen LogP contribution in [0.4, 0.5) is 0 Å². The van der Waals surface area contributed by atoms with E-state index < -0.39 is 0 Å². The Balaban J connectivity index is 2.65. The maximum atomic E-state index is 4.05. The predicted octanol–water partition coefficient (Wildman–Crippen LogP) is 2.85. The van der Waals surface area contributed by atoms with Gasteiger partial charge in [0.2, 0.25) is 0 Å². The molecule has 0 aromatic carbocycles. The molecular weight excluding hydrogens is 206 g/mol. The third-order valence-corrected chi connectivity index (χ3v) is 3.25. The van der Waals surface area contributed by atoms with Crippen molar-refractivity contribution in [1.82, 2.24) is 14.9 Å². The zero-order valence-corrected chi connectivity index (χ0v) is 10.5. The minimum atomic E-state index is 0.381. The number of aromatic nitrogens is 2. The number of allylic oxidation sites excluding steroid dienone is 1. The van der Waals surface area contributed by atoms with Crippen LogP contribution in [-0.4, -0.2) is 16.1 Å². The summed E-state index contributed by atoms with van der Waals surface area (Å²) >= 11 is 1.50. The number of hydrogen-bond donors (Lipinski definition) is 1. The van der Waals surface area contributed by atoms with Gasteiger partial charge in [0.15, 0.2) is 0 Å². The molecule has 84 valence electrons. The average molecular weight is 225 g/mol. The van der Waals surface area contributed by atoms with E-state index in [0.717, 1.165) is 25.1 Å². The molecule has 15 heavy (non-hydrogen) atoms. The van der Waals surface area contributed by atoms with Crippen LogP contribution in [0.15, 0.2) is 12.2 Å². The van der Waals surface area contributed by atoms with Crippen LogP contribution in [0, 0.1) is 6.92 Å². The topological polar surface area (TPSA) is 37.8 Å². The highest BCUT2D eigenvalue weighted by molar-refractivity contribution is 7.05. The molecular formula is C11H19N3S. The fourth-order valence-electron chi connectivity index (χ4n) is 1.52. The Morgan fingerprint density at radius 3 is 2.80 bits per heavy atom. The Bertz CT molecular complexity index is 319. The number of rotatable bonds is 6. The van der Waals surface area contributed by atoms with Gasteiger partial charge in [0.25, 0.3) is 0 Å². The minimum absolute atomic E-state index is 0.381. The summed E-state index contributed by atoms with van der Waals surface area (Å²) < 4.78 is 3.98. The van der Waals surface area contributed by atoms with E-state index in [-0.39, 0.29) is 0 Å². The summed E-state index contributed by atoms with van der Waals surface area (Å²) in [6, 6.07) is 0.381. The molecule has 1 heterocycles. The Labute approximate surface area is 95.8 Å². The van der Waals surface area contributed by atoms with Crippen molar-refractivity contribution in [3.05, 3.63) is 22.7 Å². The number of nitrogens with one attached hydrogen (secondary N) is 1. The van der Waals surface area contributed by atoms with Crippen LogP contribution in [0.5, 0.6) is 0 Å². The first-order valence-electron chi connectivity index (χ1n) is 5.31. The van der Waals surface area contributed by atoms with Crippen molar-refractivity contribution in [2.45, 2.75) is 39.7 Å². The predicted molar refractivity (Wildman–Crippen MR) is 65.1 cm³/mol. The van der Waals surface area contributed by atoms with Gasteiger partial charge in [-0.2, -0.15) is 0 Å². The zero-order valence-electron chi connectivity index (χ0n) is 9.71. The van der Waals surface area contributed by atoms with E-state index in [1.54, 1.807) is 0 Å². The van der Waals surface area contributed by atoms with Crippen molar-refractivity contribution in [2.75, 3.05) is 6.54 Å². The van der Waals surface area contributed by atoms with Gasteiger partial charge in [0.05, 0.1) is 10.6 Å². The van der Waals surface area contributed by atoms with Crippen molar-refractivity contribution < 1.29 is 0 Å². The Morgan fingerprint density at radius 2 is 2.33 bits per heavy atom. The van der Waals surface area contributed by atoms with Crippen LogP contribution in [0.3, 0.4) is 0 Å². The molecule has 0 bridgehead atoms. The van der Waals surface area contributed by atoms with Gasteiger partial charge in [0.1, 0.15) is 0 Å². The fraction of sp³-hybridized carbons (Fsp3) is 0.636. The molecule has 0 spiro atoms. The van der Waals surface area contributed by atoms with Crippen LogP contribution >= 0.6 is 11.5 Å². The minimum Gasteiger partial charge on any atom is -0.309 e. The van der Waals surface area contributed by atoms with Gasteiger partial charge < -0.3 is 5.32 Å². The van der Waals surface area contributed by atoms with Crippen LogP contribution in [0.1, 0.15) is 43.3 Å². The maximum Gasteiger partial charge on any atom is 0.0772 e. The van der Waals surface area contributed by atoms with E-state index >= 15 is 0 Å². The molecule has 0 aliphatic rings. The fourth-order valence-corrected chi connectivity index (χ4v) is 2.27. The second-order valence-electron chi connectivity index (χ2n) is 3.83. The van der Waals surface area contributed by atoms with E-state index in [4.69, 9.17) is 0 Å². The summed E-state index contributed by atoms with van der Waals surface area (Å²) in [4.78, 5) is 1.26. The van der Waals surface area contributed by atoms with Crippen molar-refractivity contribution in [2.24, 2.45) is 0 Å². The Morgan fingerprint density at radius 1 is 1.60 bits per heavy atom. The first-order chi connectivity index (χ1) is 7.15. The summed E-state index contributed by atoms with van der Waals surface area (Å²) in [6.45, 7) is 11.1. The normalized spacial score (nSPS) is 12.7. The third kappa shape index (κ3) is 3.72. The molecule has 0 aliphatic heterocycles. The number of aryl methyl sites for hydroxylation is 1. The quantitative estimate of drug-likeness (QED) is 0.756. The molecule has 1 atom stereocenters. The van der Waals surface area contributed by atoms with Crippen molar-refractivity contribution in [3.63, 3.8) is 0 Å². The van der Waals surface area contributed by atoms with Crippen LogP contribution in [-0.2, 0) is 0 Å². The molecule has 1 N–H and O–H groups in total. The SMILES string of the molecule is C=C(C)CCC(NCC)c1snnc1C. The van der Waals surface area contributed by atoms with Crippen LogP contribution < -0.4 is 5.32 Å². The summed E-state index contributed by atoms with van der Waals surface area (Å²) in [6.07, 6.45) is 2.13. The summed E-state index contributed by atoms with van der Waals surface area (Å²) in [5, 5.41) is 7.52. The van der Waals surface area contributed by atoms with Gasteiger partial charge in [-0.25, -0.2) is 0 Å². The molecule has 1 unspecified atom stereocenters. The molecule has 3 nitrogen and oxygen atoms in total. The van der Waals surface area contributed by atoms with E-state index in [2.05, 4.69) is 35.3 Å². The standard InChI is InChI=1S/C11H19N3S/c1-5-12-10(7-6-8(2)3)11-9(4)13-14-15-11/h10,12H,2,5-7H2,1,3-4H3. The van der Waals surface area contributed by atoms with E-state index in [1.165, 1.54) is 22.0 Å². The highest BCUT2D eigenvalue weighted by atomic mass is 32.1. The second kappa shape index (κ2) is 5.98. The van der Waals surface area contributed by atoms with Crippen molar-refractivity contribution in [1.29, 1.82) is 0 Å². The molecule has 0 fully saturated rings. The van der Waals surface area contributed by atoms with Gasteiger partial charge in [0, 0.05) is 6.04 Å². The molecule has 0 saturated heterocycles. The summed E-state index contributed by atoms with van der Waals surface area (Å²) in [5.74, 6) is 0. The molecule has 0 amide bonds. The van der Waals surface area contributed by atoms with Crippen LogP contribution in [0.25, 0.3) is 0 Å². The maximum absolute atomic E-state index is 4.05. The van der Waals surface area contributed by atoms with E-state index in [1.807, 2.05) is 6.92 Å². The van der Waals surface area contributed by atoms with E-state index in [9.17, 15) is 0 Å². The molecule has 0 aliphatic carbocycles. The molecule has 1 aromatic heterocycles. The smallest absolute Gasteiger partial charge is 0.0772 e. The Kier molecular flexibility index (Phi) is 4.91. The number of nitrogens with zero attached hydrogens (tertiary/aromatic N) is 2. The summed E-state index contributed by atoms with van der Waals surface area (Å²) in [5.41, 5.74) is 2.28. The lowest BCUT2D eigenvalue weighted by atomic mass is 10.1. The highest BCUT2D eigenvalue weighted by Gasteiger charge is 2.15. The average Bonchev–Trinajstić information content (AvgIpc) is 2.59. The highest BCUT2D eigenvalue weighted by Crippen LogP contribution is 2.25. The van der Waals surface area contributed by atoms with Crippen LogP contribution in [0.2, 0.25) is 0 Å². The first-order valence-corrected chi connectivity index (χ1v) is 6.09. The largest absolute Gasteiger partial charge is 0.309 e. The molecule has 1 rings (SSSR count). The third-order valence-electron chi connectivity index (χ3n) is 2.31. The van der Waals surface area contributed by atoms with E-state index in [0.29, 0.717) is 6.04 Å². The number of hydrogen-bond acceptors (Lipinski definition) is 4. The lowest BCUT2D eigenvalue weighted by Gasteiger charge is -2.16. The lowest BCUT2D eigenvalue weighted by molar-refractivity contribution is 0.519. The van der Waals surface area contributed by atoms with Gasteiger partial charge in [-0.1, -0.05) is 17.0 Å². The molecule has 4 heteroatoms. The second-order valence-corrected chi connectivity index (χ2v) is 4.61. The monoisotopic (exact) mass is 225 g/mol. The molecule has 0 radical (unpaired) electrons. The molecule has 1 aromatic rings. The van der Waals surface area contributed by atoms with Gasteiger partial charge in [-0.3, -0.25) is 0 Å². The first kappa shape index (κ1) is 12.3. The lowest BCUT2D eigenvalue weighted by Crippen LogP contribution is -2.20. The van der Waals surface area contributed by atoms with Gasteiger partial charge in [-0.15, -0.1) is 11.7 Å². The van der Waals surface area contributed by atoms with Gasteiger partial charge >= 0.3 is 0 Å². The Hall–Kier alpha value is -0.740. The van der Waals surface area contributed by atoms with Crippen molar-refractivity contribution in [3.8, 4) is 0 Å². The molecule has 0 saturated carbocycles. The summed E-state index contributed by atoms with van der Waals surface area (Å²) in [7, 11) is 0. The van der Waals surface area contributed by atoms with Gasteiger partial charge in [-0.05, 0) is 44.8 Å². The van der Waals surface area contributed by atoms with Crippen molar-refractivity contribution >= 4 is 11.5 Å².